The maximum atomic E-state index is 13.4. The largest absolute Gasteiger partial charge is 0.326 e. The number of carbonyl (C=O) groups is 1. The molecular formula is C20H21F3N4O2. The van der Waals surface area contributed by atoms with Crippen LogP contribution >= 0.6 is 0 Å². The summed E-state index contributed by atoms with van der Waals surface area (Å²) in [7, 11) is 0. The molecule has 2 heterocycles. The fourth-order valence-corrected chi connectivity index (χ4v) is 3.03. The van der Waals surface area contributed by atoms with Crippen molar-refractivity contribution in [3.63, 3.8) is 0 Å². The second kappa shape index (κ2) is 8.10. The number of alkyl halides is 2. The zero-order valence-electron chi connectivity index (χ0n) is 16.2. The van der Waals surface area contributed by atoms with Crippen molar-refractivity contribution in [1.82, 2.24) is 14.3 Å². The Morgan fingerprint density at radius 2 is 1.97 bits per heavy atom. The number of nitrogens with one attached hydrogen (secondary N) is 1. The number of fused-ring (bicyclic) bond motifs is 1. The topological polar surface area (TPSA) is 68.9 Å². The van der Waals surface area contributed by atoms with Crippen molar-refractivity contribution in [2.45, 2.75) is 46.2 Å². The number of nitrogens with zero attached hydrogens (tertiary/aromatic N) is 3. The Morgan fingerprint density at radius 1 is 1.24 bits per heavy atom. The SMILES string of the molecule is Cc1cc(F)ccc1NC(=O)CCn1c(=O)cc(C(F)F)c2cn(C(C)C)nc21. The van der Waals surface area contributed by atoms with E-state index in [1.807, 2.05) is 13.8 Å². The van der Waals surface area contributed by atoms with Gasteiger partial charge in [-0.05, 0) is 44.5 Å². The van der Waals surface area contributed by atoms with Crippen LogP contribution in [0.3, 0.4) is 0 Å². The van der Waals surface area contributed by atoms with Gasteiger partial charge in [-0.15, -0.1) is 0 Å². The lowest BCUT2D eigenvalue weighted by molar-refractivity contribution is -0.116. The van der Waals surface area contributed by atoms with Crippen LogP contribution in [0.2, 0.25) is 0 Å². The number of carbonyl (C=O) groups excluding carboxylic acids is 1. The van der Waals surface area contributed by atoms with E-state index in [0.29, 0.717) is 11.3 Å². The molecule has 9 heteroatoms. The van der Waals surface area contributed by atoms with Crippen molar-refractivity contribution in [3.8, 4) is 0 Å². The first-order chi connectivity index (χ1) is 13.7. The van der Waals surface area contributed by atoms with Crippen LogP contribution in [0.1, 0.15) is 43.9 Å². The Balaban J connectivity index is 1.87. The summed E-state index contributed by atoms with van der Waals surface area (Å²) in [6.45, 7) is 5.32. The molecule has 1 N–H and O–H groups in total. The van der Waals surface area contributed by atoms with E-state index in [-0.39, 0.29) is 41.5 Å². The van der Waals surface area contributed by atoms with Gasteiger partial charge in [-0.3, -0.25) is 18.8 Å². The summed E-state index contributed by atoms with van der Waals surface area (Å²) in [6, 6.07) is 4.79. The highest BCUT2D eigenvalue weighted by Gasteiger charge is 2.20. The molecule has 0 fully saturated rings. The van der Waals surface area contributed by atoms with E-state index in [2.05, 4.69) is 10.4 Å². The van der Waals surface area contributed by atoms with Gasteiger partial charge >= 0.3 is 0 Å². The molecule has 0 unspecified atom stereocenters. The highest BCUT2D eigenvalue weighted by molar-refractivity contribution is 5.91. The molecule has 2 aromatic heterocycles. The maximum Gasteiger partial charge on any atom is 0.264 e. The van der Waals surface area contributed by atoms with Crippen LogP contribution in [0.4, 0.5) is 18.9 Å². The molecule has 0 saturated carbocycles. The first kappa shape index (κ1) is 20.6. The highest BCUT2D eigenvalue weighted by Crippen LogP contribution is 2.27. The van der Waals surface area contributed by atoms with E-state index in [4.69, 9.17) is 0 Å². The van der Waals surface area contributed by atoms with Gasteiger partial charge in [0.2, 0.25) is 5.91 Å². The van der Waals surface area contributed by atoms with E-state index < -0.39 is 17.8 Å². The van der Waals surface area contributed by atoms with Crippen LogP contribution in [0.5, 0.6) is 0 Å². The smallest absolute Gasteiger partial charge is 0.264 e. The fourth-order valence-electron chi connectivity index (χ4n) is 3.03. The first-order valence-corrected chi connectivity index (χ1v) is 9.14. The number of benzene rings is 1. The minimum Gasteiger partial charge on any atom is -0.326 e. The van der Waals surface area contributed by atoms with E-state index in [1.54, 1.807) is 6.92 Å². The molecule has 3 rings (SSSR count). The number of pyridine rings is 1. The average Bonchev–Trinajstić information content (AvgIpc) is 3.08. The maximum absolute atomic E-state index is 13.4. The Morgan fingerprint density at radius 3 is 2.59 bits per heavy atom. The lowest BCUT2D eigenvalue weighted by atomic mass is 10.2. The van der Waals surface area contributed by atoms with Gasteiger partial charge in [0.15, 0.2) is 5.65 Å². The Kier molecular flexibility index (Phi) is 5.76. The van der Waals surface area contributed by atoms with Gasteiger partial charge < -0.3 is 5.32 Å². The number of hydrogen-bond donors (Lipinski definition) is 1. The van der Waals surface area contributed by atoms with E-state index in [1.165, 1.54) is 33.6 Å². The summed E-state index contributed by atoms with van der Waals surface area (Å²) < 4.78 is 42.6. The third kappa shape index (κ3) is 4.33. The average molecular weight is 406 g/mol. The fraction of sp³-hybridized carbons (Fsp3) is 0.350. The summed E-state index contributed by atoms with van der Waals surface area (Å²) in [5.74, 6) is -0.796. The number of aryl methyl sites for hydroxylation is 2. The lowest BCUT2D eigenvalue weighted by Crippen LogP contribution is -2.24. The minimum absolute atomic E-state index is 0.0277. The van der Waals surface area contributed by atoms with Crippen molar-refractivity contribution in [3.05, 3.63) is 57.8 Å². The quantitative estimate of drug-likeness (QED) is 0.667. The van der Waals surface area contributed by atoms with Crippen LogP contribution in [0, 0.1) is 12.7 Å². The second-order valence-corrected chi connectivity index (χ2v) is 7.09. The molecule has 0 bridgehead atoms. The summed E-state index contributed by atoms with van der Waals surface area (Å²) in [4.78, 5) is 24.7. The van der Waals surface area contributed by atoms with Gasteiger partial charge in [-0.25, -0.2) is 13.2 Å². The van der Waals surface area contributed by atoms with Crippen molar-refractivity contribution < 1.29 is 18.0 Å². The van der Waals surface area contributed by atoms with Crippen LogP contribution in [-0.2, 0) is 11.3 Å². The van der Waals surface area contributed by atoms with Gasteiger partial charge in [0, 0.05) is 47.9 Å². The zero-order valence-corrected chi connectivity index (χ0v) is 16.2. The standard InChI is InChI=1S/C20H21F3N4O2/c1-11(2)27-10-15-14(19(22)23)9-18(29)26(20(15)25-27)7-6-17(28)24-16-5-4-13(21)8-12(16)3/h4-5,8-11,19H,6-7H2,1-3H3,(H,24,28). The summed E-state index contributed by atoms with van der Waals surface area (Å²) >= 11 is 0. The Hall–Kier alpha value is -3.10. The molecule has 0 saturated heterocycles. The van der Waals surface area contributed by atoms with E-state index in [0.717, 1.165) is 6.07 Å². The second-order valence-electron chi connectivity index (χ2n) is 7.09. The first-order valence-electron chi connectivity index (χ1n) is 9.14. The number of anilines is 1. The van der Waals surface area contributed by atoms with Gasteiger partial charge in [0.1, 0.15) is 5.82 Å². The number of amides is 1. The number of aromatic nitrogens is 3. The molecular weight excluding hydrogens is 385 g/mol. The van der Waals surface area contributed by atoms with E-state index >= 15 is 0 Å². The highest BCUT2D eigenvalue weighted by atomic mass is 19.3. The molecule has 0 spiro atoms. The molecule has 0 aliphatic carbocycles. The minimum atomic E-state index is -2.81. The molecule has 154 valence electrons. The monoisotopic (exact) mass is 406 g/mol. The summed E-state index contributed by atoms with van der Waals surface area (Å²) in [6.07, 6.45) is -1.40. The van der Waals surface area contributed by atoms with Crippen LogP contribution < -0.4 is 10.9 Å². The van der Waals surface area contributed by atoms with Gasteiger partial charge in [0.05, 0.1) is 0 Å². The van der Waals surface area contributed by atoms with Gasteiger partial charge in [-0.1, -0.05) is 0 Å². The van der Waals surface area contributed by atoms with Crippen molar-refractivity contribution in [2.75, 3.05) is 5.32 Å². The van der Waals surface area contributed by atoms with Crippen LogP contribution in [-0.4, -0.2) is 20.3 Å². The Bertz CT molecular complexity index is 1120. The summed E-state index contributed by atoms with van der Waals surface area (Å²) in [5, 5.41) is 7.12. The molecule has 6 nitrogen and oxygen atoms in total. The third-order valence-electron chi connectivity index (χ3n) is 4.61. The zero-order chi connectivity index (χ0) is 21.3. The van der Waals surface area contributed by atoms with Crippen LogP contribution in [0.15, 0.2) is 35.3 Å². The lowest BCUT2D eigenvalue weighted by Gasteiger charge is -2.11. The molecule has 0 aliphatic heterocycles. The number of hydrogen-bond acceptors (Lipinski definition) is 3. The third-order valence-corrected chi connectivity index (χ3v) is 4.61. The van der Waals surface area contributed by atoms with Crippen molar-refractivity contribution in [1.29, 1.82) is 0 Å². The molecule has 29 heavy (non-hydrogen) atoms. The predicted molar refractivity (Wildman–Crippen MR) is 104 cm³/mol. The molecule has 1 amide bonds. The summed E-state index contributed by atoms with van der Waals surface area (Å²) in [5.41, 5.74) is 0.125. The number of rotatable bonds is 6. The molecule has 0 atom stereocenters. The van der Waals surface area contributed by atoms with Gasteiger partial charge in [-0.2, -0.15) is 5.10 Å². The predicted octanol–water partition coefficient (Wildman–Crippen LogP) is 4.19. The van der Waals surface area contributed by atoms with Crippen LogP contribution in [0.25, 0.3) is 11.0 Å². The molecule has 1 aromatic carbocycles. The van der Waals surface area contributed by atoms with Crippen molar-refractivity contribution >= 4 is 22.6 Å². The van der Waals surface area contributed by atoms with Crippen molar-refractivity contribution in [2.24, 2.45) is 0 Å². The molecule has 0 radical (unpaired) electrons. The van der Waals surface area contributed by atoms with E-state index in [9.17, 15) is 22.8 Å². The molecule has 0 aliphatic rings. The Labute approximate surface area is 164 Å². The normalized spacial score (nSPS) is 11.6. The number of halogens is 3. The van der Waals surface area contributed by atoms with Gasteiger partial charge in [0.25, 0.3) is 12.0 Å². The molecule has 3 aromatic rings.